The smallest absolute Gasteiger partial charge is 0.273 e. The third-order valence-electron chi connectivity index (χ3n) is 3.68. The number of benzene rings is 2. The zero-order valence-corrected chi connectivity index (χ0v) is 14.8. The van der Waals surface area contributed by atoms with E-state index < -0.39 is 0 Å². The molecule has 4 aromatic rings. The number of anilines is 1. The quantitative estimate of drug-likeness (QED) is 0.477. The van der Waals surface area contributed by atoms with Crippen molar-refractivity contribution in [1.29, 1.82) is 0 Å². The third kappa shape index (κ3) is 2.57. The summed E-state index contributed by atoms with van der Waals surface area (Å²) in [6.07, 6.45) is 0. The topological polar surface area (TPSA) is 70.9 Å². The zero-order chi connectivity index (χ0) is 16.8. The minimum Gasteiger partial charge on any atom is -0.441 e. The number of rotatable bonds is 2. The monoisotopic (exact) mass is 403 g/mol. The van der Waals surface area contributed by atoms with E-state index in [0.717, 1.165) is 15.4 Å². The highest BCUT2D eigenvalue weighted by molar-refractivity contribution is 9.10. The van der Waals surface area contributed by atoms with Crippen molar-refractivity contribution < 1.29 is 9.21 Å². The lowest BCUT2D eigenvalue weighted by atomic mass is 10.2. The summed E-state index contributed by atoms with van der Waals surface area (Å²) in [6, 6.07) is 10.9. The van der Waals surface area contributed by atoms with Crippen LogP contribution in [0.4, 0.5) is 5.69 Å². The first kappa shape index (κ1) is 15.2. The molecule has 0 aliphatic rings. The second-order valence-electron chi connectivity index (χ2n) is 5.37. The van der Waals surface area contributed by atoms with Gasteiger partial charge in [-0.1, -0.05) is 27.5 Å². The number of fused-ring (bicyclic) bond motifs is 2. The number of amides is 1. The molecule has 24 heavy (non-hydrogen) atoms. The summed E-state index contributed by atoms with van der Waals surface area (Å²) in [6.45, 7) is 1.78. The van der Waals surface area contributed by atoms with E-state index in [9.17, 15) is 4.79 Å². The number of hydrogen-bond acceptors (Lipinski definition) is 3. The highest BCUT2D eigenvalue weighted by Crippen LogP contribution is 2.30. The highest BCUT2D eigenvalue weighted by atomic mass is 79.9. The summed E-state index contributed by atoms with van der Waals surface area (Å²) < 4.78 is 6.33. The van der Waals surface area contributed by atoms with E-state index in [0.29, 0.717) is 33.4 Å². The Morgan fingerprint density at radius 2 is 2.12 bits per heavy atom. The number of aromatic amines is 1. The molecule has 2 N–H and O–H groups in total. The molecule has 0 saturated heterocycles. The van der Waals surface area contributed by atoms with Crippen LogP contribution in [-0.2, 0) is 0 Å². The Labute approximate surface area is 150 Å². The molecule has 120 valence electrons. The number of halogens is 2. The van der Waals surface area contributed by atoms with Crippen LogP contribution in [-0.4, -0.2) is 15.9 Å². The number of carbonyl (C=O) groups excluding carboxylic acids is 1. The van der Waals surface area contributed by atoms with Crippen LogP contribution < -0.4 is 5.32 Å². The summed E-state index contributed by atoms with van der Waals surface area (Å²) in [7, 11) is 0. The summed E-state index contributed by atoms with van der Waals surface area (Å²) in [5, 5.41) is 4.01. The third-order valence-corrected chi connectivity index (χ3v) is 4.56. The first-order chi connectivity index (χ1) is 11.5. The summed E-state index contributed by atoms with van der Waals surface area (Å²) in [4.78, 5) is 19.9. The zero-order valence-electron chi connectivity index (χ0n) is 12.5. The van der Waals surface area contributed by atoms with Gasteiger partial charge >= 0.3 is 0 Å². The van der Waals surface area contributed by atoms with Crippen molar-refractivity contribution in [1.82, 2.24) is 9.97 Å². The van der Waals surface area contributed by atoms with Gasteiger partial charge in [0.15, 0.2) is 11.5 Å². The van der Waals surface area contributed by atoms with Gasteiger partial charge in [-0.2, -0.15) is 0 Å². The van der Waals surface area contributed by atoms with Crippen LogP contribution in [0.25, 0.3) is 22.0 Å². The van der Waals surface area contributed by atoms with Crippen molar-refractivity contribution in [3.8, 4) is 0 Å². The normalized spacial score (nSPS) is 11.3. The number of aryl methyl sites for hydroxylation is 1. The summed E-state index contributed by atoms with van der Waals surface area (Å²) >= 11 is 9.75. The Balaban J connectivity index is 1.68. The van der Waals surface area contributed by atoms with Gasteiger partial charge in [-0.3, -0.25) is 4.79 Å². The van der Waals surface area contributed by atoms with Gasteiger partial charge in [-0.25, -0.2) is 4.98 Å². The maximum Gasteiger partial charge on any atom is 0.273 e. The average molecular weight is 405 g/mol. The molecule has 0 saturated carbocycles. The van der Waals surface area contributed by atoms with Crippen molar-refractivity contribution >= 4 is 61.1 Å². The van der Waals surface area contributed by atoms with Crippen LogP contribution >= 0.6 is 27.5 Å². The van der Waals surface area contributed by atoms with E-state index in [-0.39, 0.29) is 5.91 Å². The molecule has 0 bridgehead atoms. The van der Waals surface area contributed by atoms with Crippen LogP contribution in [0, 0.1) is 6.92 Å². The first-order valence-electron chi connectivity index (χ1n) is 7.16. The number of H-pyrrole nitrogens is 1. The van der Waals surface area contributed by atoms with E-state index in [1.165, 1.54) is 0 Å². The fourth-order valence-electron chi connectivity index (χ4n) is 2.60. The molecule has 0 fully saturated rings. The van der Waals surface area contributed by atoms with Crippen LogP contribution in [0.2, 0.25) is 5.02 Å². The van der Waals surface area contributed by atoms with E-state index in [4.69, 9.17) is 16.0 Å². The molecule has 2 heterocycles. The van der Waals surface area contributed by atoms with Crippen LogP contribution in [0.3, 0.4) is 0 Å². The molecule has 0 atom stereocenters. The van der Waals surface area contributed by atoms with Crippen molar-refractivity contribution in [3.05, 3.63) is 57.5 Å². The molecule has 0 aliphatic carbocycles. The molecule has 0 spiro atoms. The maximum atomic E-state index is 12.5. The van der Waals surface area contributed by atoms with E-state index in [2.05, 4.69) is 31.2 Å². The van der Waals surface area contributed by atoms with Gasteiger partial charge in [0, 0.05) is 28.0 Å². The van der Waals surface area contributed by atoms with Gasteiger partial charge in [0.2, 0.25) is 0 Å². The second kappa shape index (κ2) is 5.65. The van der Waals surface area contributed by atoms with Crippen LogP contribution in [0.5, 0.6) is 0 Å². The first-order valence-corrected chi connectivity index (χ1v) is 8.33. The molecule has 5 nitrogen and oxygen atoms in total. The molecule has 0 unspecified atom stereocenters. The largest absolute Gasteiger partial charge is 0.441 e. The van der Waals surface area contributed by atoms with Gasteiger partial charge in [-0.05, 0) is 36.4 Å². The molecule has 2 aromatic heterocycles. The SMILES string of the molecule is Cc1nc2cc(NC(=O)c3[nH]c4ccc(Br)cc4c3Cl)ccc2o1. The number of oxazole rings is 1. The van der Waals surface area contributed by atoms with Gasteiger partial charge < -0.3 is 14.7 Å². The Bertz CT molecular complexity index is 1100. The highest BCUT2D eigenvalue weighted by Gasteiger charge is 2.17. The number of aromatic nitrogens is 2. The van der Waals surface area contributed by atoms with Crippen molar-refractivity contribution in [2.24, 2.45) is 0 Å². The molecule has 0 radical (unpaired) electrons. The van der Waals surface area contributed by atoms with Crippen LogP contribution in [0.1, 0.15) is 16.4 Å². The minimum absolute atomic E-state index is 0.313. The van der Waals surface area contributed by atoms with Crippen molar-refractivity contribution in [2.75, 3.05) is 5.32 Å². The van der Waals surface area contributed by atoms with Gasteiger partial charge in [-0.15, -0.1) is 0 Å². The molecule has 7 heteroatoms. The number of nitrogens with one attached hydrogen (secondary N) is 2. The lowest BCUT2D eigenvalue weighted by Crippen LogP contribution is -2.12. The average Bonchev–Trinajstić information content (AvgIpc) is 3.06. The van der Waals surface area contributed by atoms with Gasteiger partial charge in [0.25, 0.3) is 5.91 Å². The maximum absolute atomic E-state index is 12.5. The predicted molar refractivity (Wildman–Crippen MR) is 97.7 cm³/mol. The predicted octanol–water partition coefficient (Wildman–Crippen LogP) is 5.29. The Kier molecular flexibility index (Phi) is 3.58. The van der Waals surface area contributed by atoms with E-state index >= 15 is 0 Å². The molecule has 2 aromatic carbocycles. The van der Waals surface area contributed by atoms with Crippen LogP contribution in [0.15, 0.2) is 45.3 Å². The van der Waals surface area contributed by atoms with E-state index in [1.54, 1.807) is 25.1 Å². The number of hydrogen-bond donors (Lipinski definition) is 2. The molecular weight excluding hydrogens is 394 g/mol. The Hall–Kier alpha value is -2.31. The van der Waals surface area contributed by atoms with Crippen molar-refractivity contribution in [2.45, 2.75) is 6.92 Å². The number of carbonyl (C=O) groups is 1. The Morgan fingerprint density at radius 1 is 1.29 bits per heavy atom. The minimum atomic E-state index is -0.313. The Morgan fingerprint density at radius 3 is 2.96 bits per heavy atom. The molecular formula is C17H11BrClN3O2. The summed E-state index contributed by atoms with van der Waals surface area (Å²) in [5.41, 5.74) is 3.12. The summed E-state index contributed by atoms with van der Waals surface area (Å²) in [5.74, 6) is 0.268. The number of nitrogens with zero attached hydrogens (tertiary/aromatic N) is 1. The fraction of sp³-hybridized carbons (Fsp3) is 0.0588. The molecule has 0 aliphatic heterocycles. The van der Waals surface area contributed by atoms with Crippen molar-refractivity contribution in [3.63, 3.8) is 0 Å². The second-order valence-corrected chi connectivity index (χ2v) is 6.67. The fourth-order valence-corrected chi connectivity index (χ4v) is 3.25. The van der Waals surface area contributed by atoms with Gasteiger partial charge in [0.05, 0.1) is 5.02 Å². The lowest BCUT2D eigenvalue weighted by molar-refractivity contribution is 0.102. The molecule has 4 rings (SSSR count). The molecule has 1 amide bonds. The standard InChI is InChI=1S/C17H11BrClN3O2/c1-8-20-13-7-10(3-5-14(13)24-8)21-17(23)16-15(19)11-6-9(18)2-4-12(11)22-16/h2-7,22H,1H3,(H,21,23). The van der Waals surface area contributed by atoms with Gasteiger partial charge in [0.1, 0.15) is 11.2 Å². The lowest BCUT2D eigenvalue weighted by Gasteiger charge is -2.03. The van der Waals surface area contributed by atoms with E-state index in [1.807, 2.05) is 18.2 Å².